The van der Waals surface area contributed by atoms with E-state index in [0.29, 0.717) is 18.8 Å². The van der Waals surface area contributed by atoms with Gasteiger partial charge in [0.15, 0.2) is 0 Å². The van der Waals surface area contributed by atoms with Gasteiger partial charge in [-0.3, -0.25) is 14.9 Å². The van der Waals surface area contributed by atoms with Gasteiger partial charge < -0.3 is 15.4 Å². The van der Waals surface area contributed by atoms with Crippen molar-refractivity contribution in [3.05, 3.63) is 69.3 Å². The van der Waals surface area contributed by atoms with E-state index in [1.54, 1.807) is 19.2 Å². The monoisotopic (exact) mass is 369 g/mol. The molecule has 1 amide bonds. The molecule has 0 saturated heterocycles. The summed E-state index contributed by atoms with van der Waals surface area (Å²) in [7, 11) is 1.56. The van der Waals surface area contributed by atoms with E-state index in [0.717, 1.165) is 24.8 Å². The topological polar surface area (TPSA) is 93.5 Å². The van der Waals surface area contributed by atoms with Gasteiger partial charge in [0, 0.05) is 25.3 Å². The lowest BCUT2D eigenvalue weighted by molar-refractivity contribution is -0.384. The van der Waals surface area contributed by atoms with Crippen molar-refractivity contribution in [2.45, 2.75) is 25.3 Å². The lowest BCUT2D eigenvalue weighted by Gasteiger charge is -2.26. The molecule has 0 unspecified atom stereocenters. The van der Waals surface area contributed by atoms with Crippen molar-refractivity contribution in [3.63, 3.8) is 0 Å². The Morgan fingerprint density at radius 1 is 1.30 bits per heavy atom. The van der Waals surface area contributed by atoms with Gasteiger partial charge in [0.05, 0.1) is 17.6 Å². The second kappa shape index (κ2) is 8.64. The Kier molecular flexibility index (Phi) is 6.03. The Labute approximate surface area is 157 Å². The van der Waals surface area contributed by atoms with E-state index in [2.05, 4.69) is 16.7 Å². The Bertz CT molecular complexity index is 838. The van der Waals surface area contributed by atoms with Crippen LogP contribution >= 0.6 is 0 Å². The van der Waals surface area contributed by atoms with Gasteiger partial charge in [0.25, 0.3) is 11.6 Å². The maximum absolute atomic E-state index is 12.7. The fraction of sp³-hybridized carbons (Fsp3) is 0.350. The molecule has 0 fully saturated rings. The number of methoxy groups -OCH3 is 1. The predicted octanol–water partition coefficient (Wildman–Crippen LogP) is 3.46. The second-order valence-corrected chi connectivity index (χ2v) is 6.53. The van der Waals surface area contributed by atoms with Crippen LogP contribution in [0.3, 0.4) is 0 Å². The van der Waals surface area contributed by atoms with Crippen LogP contribution in [0.4, 0.5) is 11.4 Å². The highest BCUT2D eigenvalue weighted by Gasteiger charge is 2.23. The third-order valence-corrected chi connectivity index (χ3v) is 4.75. The van der Waals surface area contributed by atoms with E-state index in [1.807, 2.05) is 18.2 Å². The number of carbonyl (C=O) groups excluding carboxylic acids is 1. The normalized spacial score (nSPS) is 15.7. The van der Waals surface area contributed by atoms with Gasteiger partial charge in [0.1, 0.15) is 5.69 Å². The van der Waals surface area contributed by atoms with E-state index in [4.69, 9.17) is 4.74 Å². The number of ether oxygens (including phenoxy) is 1. The standard InChI is InChI=1S/C20H23N3O4/c1-27-12-11-21-18-10-9-15(13-19(18)23(25)26)20(24)22-17-8-4-6-14-5-2-3-7-16(14)17/h2-3,5,7,9-10,13,17,21H,4,6,8,11-12H2,1H3,(H,22,24)/t17-/m1/s1. The molecule has 0 bridgehead atoms. The van der Waals surface area contributed by atoms with Crippen LogP contribution in [0.5, 0.6) is 0 Å². The minimum atomic E-state index is -0.484. The number of rotatable bonds is 7. The lowest BCUT2D eigenvalue weighted by atomic mass is 9.87. The highest BCUT2D eigenvalue weighted by molar-refractivity contribution is 5.96. The van der Waals surface area contributed by atoms with Gasteiger partial charge in [0.2, 0.25) is 0 Å². The van der Waals surface area contributed by atoms with Gasteiger partial charge in [-0.15, -0.1) is 0 Å². The van der Waals surface area contributed by atoms with Crippen molar-refractivity contribution in [1.82, 2.24) is 5.32 Å². The van der Waals surface area contributed by atoms with Gasteiger partial charge >= 0.3 is 0 Å². The van der Waals surface area contributed by atoms with Crippen molar-refractivity contribution >= 4 is 17.3 Å². The molecule has 0 saturated carbocycles. The summed E-state index contributed by atoms with van der Waals surface area (Å²) in [6.07, 6.45) is 2.88. The van der Waals surface area contributed by atoms with Crippen LogP contribution in [-0.2, 0) is 11.2 Å². The molecule has 3 rings (SSSR count). The summed E-state index contributed by atoms with van der Waals surface area (Å²) in [6.45, 7) is 0.877. The van der Waals surface area contributed by atoms with E-state index in [1.165, 1.54) is 11.6 Å². The first kappa shape index (κ1) is 18.8. The summed E-state index contributed by atoms with van der Waals surface area (Å²) >= 11 is 0. The van der Waals surface area contributed by atoms with Gasteiger partial charge in [-0.25, -0.2) is 0 Å². The number of anilines is 1. The minimum absolute atomic E-state index is 0.0685. The Balaban J connectivity index is 1.77. The van der Waals surface area contributed by atoms with Gasteiger partial charge in [-0.05, 0) is 42.5 Å². The quantitative estimate of drug-likeness (QED) is 0.443. The largest absolute Gasteiger partial charge is 0.383 e. The van der Waals surface area contributed by atoms with Crippen LogP contribution in [0.25, 0.3) is 0 Å². The zero-order valence-corrected chi connectivity index (χ0v) is 15.2. The number of carbonyl (C=O) groups is 1. The SMILES string of the molecule is COCCNc1ccc(C(=O)N[C@@H]2CCCc3ccccc32)cc1[N+](=O)[O-]. The van der Waals surface area contributed by atoms with Crippen LogP contribution in [0.1, 0.15) is 40.4 Å². The number of aryl methyl sites for hydroxylation is 1. The van der Waals surface area contributed by atoms with Gasteiger partial charge in [-0.2, -0.15) is 0 Å². The van der Waals surface area contributed by atoms with E-state index < -0.39 is 4.92 Å². The van der Waals surface area contributed by atoms with Crippen molar-refractivity contribution in [2.24, 2.45) is 0 Å². The van der Waals surface area contributed by atoms with Crippen molar-refractivity contribution < 1.29 is 14.5 Å². The average Bonchev–Trinajstić information content (AvgIpc) is 2.68. The fourth-order valence-corrected chi connectivity index (χ4v) is 3.41. The first-order valence-corrected chi connectivity index (χ1v) is 9.00. The summed E-state index contributed by atoms with van der Waals surface area (Å²) in [5.74, 6) is -0.303. The zero-order chi connectivity index (χ0) is 19.2. The highest BCUT2D eigenvalue weighted by atomic mass is 16.6. The first-order chi connectivity index (χ1) is 13.1. The summed E-state index contributed by atoms with van der Waals surface area (Å²) in [5, 5.41) is 17.4. The molecule has 1 atom stereocenters. The van der Waals surface area contributed by atoms with Crippen LogP contribution in [0.2, 0.25) is 0 Å². The summed E-state index contributed by atoms with van der Waals surface area (Å²) in [5.41, 5.74) is 2.91. The molecule has 0 spiro atoms. The Morgan fingerprint density at radius 3 is 2.89 bits per heavy atom. The Morgan fingerprint density at radius 2 is 2.11 bits per heavy atom. The number of amides is 1. The molecule has 2 aromatic rings. The first-order valence-electron chi connectivity index (χ1n) is 9.00. The molecule has 2 N–H and O–H groups in total. The third kappa shape index (κ3) is 4.43. The van der Waals surface area contributed by atoms with E-state index in [-0.39, 0.29) is 23.2 Å². The lowest BCUT2D eigenvalue weighted by Crippen LogP contribution is -2.31. The van der Waals surface area contributed by atoms with Crippen molar-refractivity contribution in [2.75, 3.05) is 25.6 Å². The zero-order valence-electron chi connectivity index (χ0n) is 15.2. The van der Waals surface area contributed by atoms with Gasteiger partial charge in [-0.1, -0.05) is 24.3 Å². The number of hydrogen-bond donors (Lipinski definition) is 2. The second-order valence-electron chi connectivity index (χ2n) is 6.53. The molecule has 0 aliphatic heterocycles. The number of fused-ring (bicyclic) bond motifs is 1. The van der Waals surface area contributed by atoms with E-state index >= 15 is 0 Å². The van der Waals surface area contributed by atoms with Crippen LogP contribution in [0.15, 0.2) is 42.5 Å². The van der Waals surface area contributed by atoms with Crippen LogP contribution < -0.4 is 10.6 Å². The smallest absolute Gasteiger partial charge is 0.293 e. The Hall–Kier alpha value is -2.93. The molecule has 1 aliphatic carbocycles. The number of benzene rings is 2. The third-order valence-electron chi connectivity index (χ3n) is 4.75. The van der Waals surface area contributed by atoms with E-state index in [9.17, 15) is 14.9 Å². The molecular weight excluding hydrogens is 346 g/mol. The molecule has 7 heteroatoms. The summed E-state index contributed by atoms with van der Waals surface area (Å²) in [4.78, 5) is 23.6. The predicted molar refractivity (Wildman–Crippen MR) is 103 cm³/mol. The maximum Gasteiger partial charge on any atom is 0.293 e. The maximum atomic E-state index is 12.7. The molecule has 0 radical (unpaired) electrons. The van der Waals surface area contributed by atoms with Crippen LogP contribution in [0, 0.1) is 10.1 Å². The summed E-state index contributed by atoms with van der Waals surface area (Å²) < 4.78 is 4.94. The number of nitrogens with one attached hydrogen (secondary N) is 2. The molecule has 0 heterocycles. The van der Waals surface area contributed by atoms with Crippen molar-refractivity contribution in [1.29, 1.82) is 0 Å². The van der Waals surface area contributed by atoms with Crippen molar-refractivity contribution in [3.8, 4) is 0 Å². The number of nitrogens with zero attached hydrogens (tertiary/aromatic N) is 1. The number of hydrogen-bond acceptors (Lipinski definition) is 5. The molecule has 0 aromatic heterocycles. The fourth-order valence-electron chi connectivity index (χ4n) is 3.41. The molecule has 2 aromatic carbocycles. The summed E-state index contributed by atoms with van der Waals surface area (Å²) in [6, 6.07) is 12.5. The number of nitro groups is 1. The molecule has 142 valence electrons. The van der Waals surface area contributed by atoms with Crippen LogP contribution in [-0.4, -0.2) is 31.1 Å². The average molecular weight is 369 g/mol. The molecule has 7 nitrogen and oxygen atoms in total. The molecule has 1 aliphatic rings. The molecule has 27 heavy (non-hydrogen) atoms. The number of nitro benzene ring substituents is 1. The molecular formula is C20H23N3O4. The highest BCUT2D eigenvalue weighted by Crippen LogP contribution is 2.30. The minimum Gasteiger partial charge on any atom is -0.383 e.